The Bertz CT molecular complexity index is 597. The van der Waals surface area contributed by atoms with Crippen molar-refractivity contribution in [1.29, 1.82) is 0 Å². The number of nitrogens with zero attached hydrogens (tertiary/aromatic N) is 4. The summed E-state index contributed by atoms with van der Waals surface area (Å²) >= 11 is 1.76. The fraction of sp³-hybridized carbons (Fsp3) is 0.500. The molecule has 3 unspecified atom stereocenters. The van der Waals surface area contributed by atoms with E-state index in [0.29, 0.717) is 17.2 Å². The summed E-state index contributed by atoms with van der Waals surface area (Å²) in [6.07, 6.45) is 1.13. The average molecular weight is 289 g/mol. The summed E-state index contributed by atoms with van der Waals surface area (Å²) in [5.74, 6) is 0.564. The van der Waals surface area contributed by atoms with Crippen LogP contribution in [0.15, 0.2) is 29.4 Å². The molecule has 0 aliphatic heterocycles. The summed E-state index contributed by atoms with van der Waals surface area (Å²) in [5, 5.41) is 16.5. The molecular weight excluding hydrogens is 270 g/mol. The molecule has 1 aromatic heterocycles. The molecule has 3 atom stereocenters. The molecule has 0 fully saturated rings. The van der Waals surface area contributed by atoms with Crippen LogP contribution in [0.1, 0.15) is 36.4 Å². The van der Waals surface area contributed by atoms with E-state index in [4.69, 9.17) is 0 Å². The van der Waals surface area contributed by atoms with Gasteiger partial charge in [0.15, 0.2) is 0 Å². The van der Waals surface area contributed by atoms with Gasteiger partial charge in [-0.25, -0.2) is 4.68 Å². The SMILES string of the molecule is CNC1c2ccccc2C(C)CC1Sc1nnnn1C. The Morgan fingerprint density at radius 1 is 1.30 bits per heavy atom. The molecule has 1 N–H and O–H groups in total. The Labute approximate surface area is 123 Å². The van der Waals surface area contributed by atoms with Gasteiger partial charge in [-0.05, 0) is 40.9 Å². The summed E-state index contributed by atoms with van der Waals surface area (Å²) in [6, 6.07) is 9.06. The Kier molecular flexibility index (Phi) is 3.76. The van der Waals surface area contributed by atoms with Gasteiger partial charge in [0.2, 0.25) is 5.16 Å². The molecule has 0 bridgehead atoms. The van der Waals surface area contributed by atoms with E-state index in [0.717, 1.165) is 11.6 Å². The molecule has 3 rings (SSSR count). The lowest BCUT2D eigenvalue weighted by atomic mass is 9.81. The lowest BCUT2D eigenvalue weighted by Crippen LogP contribution is -2.33. The number of aryl methyl sites for hydroxylation is 1. The van der Waals surface area contributed by atoms with Gasteiger partial charge in [-0.1, -0.05) is 43.0 Å². The van der Waals surface area contributed by atoms with Crippen LogP contribution in [0.25, 0.3) is 0 Å². The zero-order valence-corrected chi connectivity index (χ0v) is 12.8. The number of hydrogen-bond acceptors (Lipinski definition) is 5. The number of nitrogens with one attached hydrogen (secondary N) is 1. The number of thioether (sulfide) groups is 1. The molecule has 1 aliphatic rings. The van der Waals surface area contributed by atoms with Crippen molar-refractivity contribution in [1.82, 2.24) is 25.5 Å². The molecule has 20 heavy (non-hydrogen) atoms. The second kappa shape index (κ2) is 5.54. The van der Waals surface area contributed by atoms with E-state index in [9.17, 15) is 0 Å². The van der Waals surface area contributed by atoms with Gasteiger partial charge in [-0.2, -0.15) is 0 Å². The van der Waals surface area contributed by atoms with E-state index in [1.54, 1.807) is 16.4 Å². The van der Waals surface area contributed by atoms with Crippen LogP contribution < -0.4 is 5.32 Å². The van der Waals surface area contributed by atoms with E-state index < -0.39 is 0 Å². The Morgan fingerprint density at radius 2 is 2.05 bits per heavy atom. The lowest BCUT2D eigenvalue weighted by Gasteiger charge is -2.36. The van der Waals surface area contributed by atoms with E-state index in [1.165, 1.54) is 11.1 Å². The maximum atomic E-state index is 4.10. The van der Waals surface area contributed by atoms with Crippen molar-refractivity contribution < 1.29 is 0 Å². The third-order valence-electron chi connectivity index (χ3n) is 3.97. The molecule has 0 radical (unpaired) electrons. The van der Waals surface area contributed by atoms with Crippen molar-refractivity contribution in [2.75, 3.05) is 7.05 Å². The average Bonchev–Trinajstić information content (AvgIpc) is 2.85. The van der Waals surface area contributed by atoms with Crippen LogP contribution in [-0.2, 0) is 7.05 Å². The molecule has 6 heteroatoms. The molecule has 1 aromatic carbocycles. The standard InChI is InChI=1S/C14H19N5S/c1-9-8-12(20-14-16-17-18-19(14)3)13(15-2)11-7-5-4-6-10(9)11/h4-7,9,12-13,15H,8H2,1-3H3. The largest absolute Gasteiger partial charge is 0.312 e. The third kappa shape index (κ3) is 2.33. The van der Waals surface area contributed by atoms with Gasteiger partial charge in [0.05, 0.1) is 0 Å². The van der Waals surface area contributed by atoms with E-state index in [-0.39, 0.29) is 0 Å². The second-order valence-corrected chi connectivity index (χ2v) is 6.48. The van der Waals surface area contributed by atoms with Crippen LogP contribution in [-0.4, -0.2) is 32.5 Å². The van der Waals surface area contributed by atoms with Gasteiger partial charge in [0.25, 0.3) is 0 Å². The first kappa shape index (κ1) is 13.6. The normalized spacial score (nSPS) is 25.4. The molecular formula is C14H19N5S. The van der Waals surface area contributed by atoms with E-state index in [1.807, 2.05) is 14.1 Å². The van der Waals surface area contributed by atoms with Crippen LogP contribution in [0.3, 0.4) is 0 Å². The van der Waals surface area contributed by atoms with Gasteiger partial charge < -0.3 is 5.32 Å². The number of aromatic nitrogens is 4. The Hall–Kier alpha value is -1.40. The van der Waals surface area contributed by atoms with Gasteiger partial charge >= 0.3 is 0 Å². The fourth-order valence-corrected chi connectivity index (χ4v) is 4.32. The minimum Gasteiger partial charge on any atom is -0.312 e. The molecule has 106 valence electrons. The first-order chi connectivity index (χ1) is 9.70. The lowest BCUT2D eigenvalue weighted by molar-refractivity contribution is 0.471. The van der Waals surface area contributed by atoms with E-state index >= 15 is 0 Å². The van der Waals surface area contributed by atoms with Crippen molar-refractivity contribution in [3.05, 3.63) is 35.4 Å². The predicted octanol–water partition coefficient (Wildman–Crippen LogP) is 2.14. The van der Waals surface area contributed by atoms with Crippen LogP contribution in [0.5, 0.6) is 0 Å². The summed E-state index contributed by atoms with van der Waals surface area (Å²) in [7, 11) is 3.91. The van der Waals surface area contributed by atoms with Gasteiger partial charge in [0.1, 0.15) is 0 Å². The Morgan fingerprint density at radius 3 is 2.70 bits per heavy atom. The fourth-order valence-electron chi connectivity index (χ4n) is 2.97. The first-order valence-corrected chi connectivity index (χ1v) is 7.73. The van der Waals surface area contributed by atoms with Crippen LogP contribution >= 0.6 is 11.8 Å². The summed E-state index contributed by atoms with van der Waals surface area (Å²) in [5.41, 5.74) is 2.86. The molecule has 0 saturated heterocycles. The summed E-state index contributed by atoms with van der Waals surface area (Å²) < 4.78 is 1.74. The highest BCUT2D eigenvalue weighted by Crippen LogP contribution is 2.43. The van der Waals surface area contributed by atoms with Crippen molar-refractivity contribution >= 4 is 11.8 Å². The first-order valence-electron chi connectivity index (χ1n) is 6.85. The van der Waals surface area contributed by atoms with Crippen molar-refractivity contribution in [2.45, 2.75) is 35.7 Å². The third-order valence-corrected chi connectivity index (χ3v) is 5.29. The van der Waals surface area contributed by atoms with Crippen LogP contribution in [0, 0.1) is 0 Å². The number of rotatable bonds is 3. The topological polar surface area (TPSA) is 55.6 Å². The van der Waals surface area contributed by atoms with Gasteiger partial charge in [-0.3, -0.25) is 0 Å². The van der Waals surface area contributed by atoms with Crippen molar-refractivity contribution in [3.63, 3.8) is 0 Å². The number of hydrogen-bond donors (Lipinski definition) is 1. The molecule has 0 amide bonds. The Balaban J connectivity index is 1.91. The monoisotopic (exact) mass is 289 g/mol. The zero-order chi connectivity index (χ0) is 14.1. The predicted molar refractivity (Wildman–Crippen MR) is 79.7 cm³/mol. The van der Waals surface area contributed by atoms with Crippen molar-refractivity contribution in [2.24, 2.45) is 7.05 Å². The second-order valence-electron chi connectivity index (χ2n) is 5.27. The van der Waals surface area contributed by atoms with Crippen molar-refractivity contribution in [3.8, 4) is 0 Å². The van der Waals surface area contributed by atoms with Crippen LogP contribution in [0.2, 0.25) is 0 Å². The van der Waals surface area contributed by atoms with Gasteiger partial charge in [0, 0.05) is 18.3 Å². The maximum Gasteiger partial charge on any atom is 0.209 e. The number of tetrazole rings is 1. The smallest absolute Gasteiger partial charge is 0.209 e. The highest BCUT2D eigenvalue weighted by molar-refractivity contribution is 7.99. The minimum absolute atomic E-state index is 0.337. The molecule has 1 aliphatic carbocycles. The summed E-state index contributed by atoms with van der Waals surface area (Å²) in [6.45, 7) is 2.30. The maximum absolute atomic E-state index is 4.10. The number of fused-ring (bicyclic) bond motifs is 1. The van der Waals surface area contributed by atoms with Gasteiger partial charge in [-0.15, -0.1) is 5.10 Å². The highest BCUT2D eigenvalue weighted by atomic mass is 32.2. The quantitative estimate of drug-likeness (QED) is 0.938. The molecule has 5 nitrogen and oxygen atoms in total. The zero-order valence-electron chi connectivity index (χ0n) is 11.9. The molecule has 2 aromatic rings. The van der Waals surface area contributed by atoms with Crippen LogP contribution in [0.4, 0.5) is 0 Å². The molecule has 0 spiro atoms. The van der Waals surface area contributed by atoms with E-state index in [2.05, 4.69) is 52.0 Å². The highest BCUT2D eigenvalue weighted by Gasteiger charge is 2.33. The minimum atomic E-state index is 0.337. The molecule has 1 heterocycles. The molecule has 0 saturated carbocycles. The number of benzene rings is 1. The summed E-state index contributed by atoms with van der Waals surface area (Å²) in [4.78, 5) is 0.